The summed E-state index contributed by atoms with van der Waals surface area (Å²) in [5.41, 5.74) is 0.728. The summed E-state index contributed by atoms with van der Waals surface area (Å²) in [7, 11) is 0. The Morgan fingerprint density at radius 2 is 1.52 bits per heavy atom. The van der Waals surface area contributed by atoms with Crippen LogP contribution in [0.5, 0.6) is 0 Å². The van der Waals surface area contributed by atoms with E-state index >= 15 is 0 Å². The maximum absolute atomic E-state index is 12.6. The van der Waals surface area contributed by atoms with Crippen molar-refractivity contribution in [2.45, 2.75) is 6.54 Å². The van der Waals surface area contributed by atoms with E-state index in [1.807, 2.05) is 48.5 Å². The third-order valence-electron chi connectivity index (χ3n) is 3.82. The number of nitrogens with zero attached hydrogens (tertiary/aromatic N) is 5. The SMILES string of the molecule is O=c1n(-c2ccccc2)cnn1Cc1n[nH]c(=O)n1-c1ccccc1. The number of H-pyrrole nitrogens is 1. The second-order valence-electron chi connectivity index (χ2n) is 5.39. The molecule has 0 saturated carbocycles. The molecule has 124 valence electrons. The Hall–Kier alpha value is -3.68. The molecule has 2 aromatic carbocycles. The van der Waals surface area contributed by atoms with Crippen LogP contribution in [-0.4, -0.2) is 29.1 Å². The predicted octanol–water partition coefficient (Wildman–Crippen LogP) is 0.956. The second-order valence-corrected chi connectivity index (χ2v) is 5.39. The highest BCUT2D eigenvalue weighted by Gasteiger charge is 2.14. The second kappa shape index (κ2) is 6.08. The van der Waals surface area contributed by atoms with E-state index in [4.69, 9.17) is 0 Å². The molecule has 25 heavy (non-hydrogen) atoms. The minimum Gasteiger partial charge on any atom is -0.250 e. The highest BCUT2D eigenvalue weighted by molar-refractivity contribution is 5.32. The van der Waals surface area contributed by atoms with E-state index in [-0.39, 0.29) is 17.9 Å². The van der Waals surface area contributed by atoms with Crippen molar-refractivity contribution < 1.29 is 0 Å². The smallest absolute Gasteiger partial charge is 0.250 e. The normalized spacial score (nSPS) is 10.9. The lowest BCUT2D eigenvalue weighted by Crippen LogP contribution is -2.26. The largest absolute Gasteiger partial charge is 0.350 e. The van der Waals surface area contributed by atoms with Crippen molar-refractivity contribution in [2.24, 2.45) is 0 Å². The van der Waals surface area contributed by atoms with Crippen molar-refractivity contribution >= 4 is 0 Å². The maximum atomic E-state index is 12.6. The van der Waals surface area contributed by atoms with Crippen LogP contribution in [0.3, 0.4) is 0 Å². The quantitative estimate of drug-likeness (QED) is 0.602. The zero-order valence-electron chi connectivity index (χ0n) is 13.1. The minimum atomic E-state index is -0.364. The van der Waals surface area contributed by atoms with Crippen LogP contribution < -0.4 is 11.4 Å². The number of aromatic nitrogens is 6. The van der Waals surface area contributed by atoms with Crippen LogP contribution in [0.1, 0.15) is 5.82 Å². The van der Waals surface area contributed by atoms with Crippen LogP contribution in [0.4, 0.5) is 0 Å². The first-order valence-corrected chi connectivity index (χ1v) is 7.65. The van der Waals surface area contributed by atoms with E-state index in [9.17, 15) is 9.59 Å². The van der Waals surface area contributed by atoms with E-state index in [1.165, 1.54) is 20.1 Å². The highest BCUT2D eigenvalue weighted by Crippen LogP contribution is 2.07. The summed E-state index contributed by atoms with van der Waals surface area (Å²) in [6.07, 6.45) is 1.45. The molecule has 0 aliphatic heterocycles. The average Bonchev–Trinajstić information content (AvgIpc) is 3.20. The molecule has 0 saturated heterocycles. The molecule has 0 fully saturated rings. The summed E-state index contributed by atoms with van der Waals surface area (Å²) in [4.78, 5) is 24.6. The van der Waals surface area contributed by atoms with Gasteiger partial charge in [0.15, 0.2) is 5.82 Å². The summed E-state index contributed by atoms with van der Waals surface area (Å²) in [6, 6.07) is 18.3. The van der Waals surface area contributed by atoms with E-state index in [0.29, 0.717) is 11.5 Å². The van der Waals surface area contributed by atoms with Gasteiger partial charge in [-0.05, 0) is 24.3 Å². The molecule has 2 aromatic heterocycles. The molecule has 1 N–H and O–H groups in total. The standard InChI is InChI=1S/C17H14N6O2/c24-16-20-19-15(23(16)14-9-5-2-6-10-14)11-22-17(25)21(12-18-22)13-7-3-1-4-8-13/h1-10,12H,11H2,(H,20,24). The summed E-state index contributed by atoms with van der Waals surface area (Å²) in [5, 5.41) is 10.6. The van der Waals surface area contributed by atoms with E-state index in [1.54, 1.807) is 12.1 Å². The number of rotatable bonds is 4. The molecular formula is C17H14N6O2. The van der Waals surface area contributed by atoms with E-state index in [2.05, 4.69) is 15.3 Å². The van der Waals surface area contributed by atoms with Crippen molar-refractivity contribution in [1.82, 2.24) is 29.1 Å². The highest BCUT2D eigenvalue weighted by atomic mass is 16.2. The van der Waals surface area contributed by atoms with Crippen molar-refractivity contribution in [3.8, 4) is 11.4 Å². The lowest BCUT2D eigenvalue weighted by atomic mass is 10.3. The monoisotopic (exact) mass is 334 g/mol. The lowest BCUT2D eigenvalue weighted by Gasteiger charge is -2.05. The predicted molar refractivity (Wildman–Crippen MR) is 91.1 cm³/mol. The van der Waals surface area contributed by atoms with Crippen LogP contribution in [0.15, 0.2) is 76.6 Å². The van der Waals surface area contributed by atoms with Crippen LogP contribution in [-0.2, 0) is 6.54 Å². The first-order chi connectivity index (χ1) is 12.2. The molecule has 8 nitrogen and oxygen atoms in total. The van der Waals surface area contributed by atoms with Crippen molar-refractivity contribution in [1.29, 1.82) is 0 Å². The number of aromatic amines is 1. The molecule has 0 amide bonds. The van der Waals surface area contributed by atoms with Gasteiger partial charge in [0.1, 0.15) is 12.9 Å². The Kier molecular flexibility index (Phi) is 3.62. The lowest BCUT2D eigenvalue weighted by molar-refractivity contribution is 0.616. The molecule has 8 heteroatoms. The van der Waals surface area contributed by atoms with Gasteiger partial charge >= 0.3 is 11.4 Å². The van der Waals surface area contributed by atoms with Gasteiger partial charge in [0.05, 0.1) is 11.4 Å². The summed E-state index contributed by atoms with van der Waals surface area (Å²) < 4.78 is 4.13. The average molecular weight is 334 g/mol. The van der Waals surface area contributed by atoms with Gasteiger partial charge in [0, 0.05) is 0 Å². The molecule has 4 aromatic rings. The number of hydrogen-bond acceptors (Lipinski definition) is 4. The molecule has 0 bridgehead atoms. The molecule has 0 aliphatic rings. The summed E-state index contributed by atoms with van der Waals surface area (Å²) >= 11 is 0. The first kappa shape index (κ1) is 14.9. The Morgan fingerprint density at radius 1 is 0.880 bits per heavy atom. The Morgan fingerprint density at radius 3 is 2.20 bits per heavy atom. The summed E-state index contributed by atoms with van der Waals surface area (Å²) in [6.45, 7) is 0.0757. The van der Waals surface area contributed by atoms with Crippen LogP contribution in [0.2, 0.25) is 0 Å². The fourth-order valence-corrected chi connectivity index (χ4v) is 2.62. The van der Waals surface area contributed by atoms with E-state index in [0.717, 1.165) is 5.69 Å². The fourth-order valence-electron chi connectivity index (χ4n) is 2.62. The van der Waals surface area contributed by atoms with Gasteiger partial charge in [-0.25, -0.2) is 28.5 Å². The van der Waals surface area contributed by atoms with Gasteiger partial charge in [-0.1, -0.05) is 36.4 Å². The van der Waals surface area contributed by atoms with Crippen LogP contribution in [0, 0.1) is 0 Å². The topological polar surface area (TPSA) is 90.5 Å². The Labute approximate surface area is 141 Å². The van der Waals surface area contributed by atoms with Crippen LogP contribution in [0.25, 0.3) is 11.4 Å². The Balaban J connectivity index is 1.73. The molecular weight excluding hydrogens is 320 g/mol. The number of nitrogens with one attached hydrogen (secondary N) is 1. The molecule has 0 unspecified atom stereocenters. The molecule has 4 rings (SSSR count). The Bertz CT molecular complexity index is 1110. The van der Waals surface area contributed by atoms with Gasteiger partial charge in [-0.15, -0.1) is 0 Å². The molecule has 0 radical (unpaired) electrons. The van der Waals surface area contributed by atoms with Gasteiger partial charge in [0.25, 0.3) is 0 Å². The number of benzene rings is 2. The van der Waals surface area contributed by atoms with Crippen LogP contribution >= 0.6 is 0 Å². The third kappa shape index (κ3) is 2.69. The zero-order chi connectivity index (χ0) is 17.2. The zero-order valence-corrected chi connectivity index (χ0v) is 13.1. The first-order valence-electron chi connectivity index (χ1n) is 7.65. The third-order valence-corrected chi connectivity index (χ3v) is 3.82. The van der Waals surface area contributed by atoms with Gasteiger partial charge < -0.3 is 0 Å². The molecule has 0 aliphatic carbocycles. The van der Waals surface area contributed by atoms with Crippen molar-refractivity contribution in [3.05, 3.63) is 93.8 Å². The molecule has 0 spiro atoms. The van der Waals surface area contributed by atoms with Gasteiger partial charge in [-0.3, -0.25) is 0 Å². The van der Waals surface area contributed by atoms with E-state index < -0.39 is 0 Å². The summed E-state index contributed by atoms with van der Waals surface area (Å²) in [5.74, 6) is 0.400. The van der Waals surface area contributed by atoms with Crippen molar-refractivity contribution in [2.75, 3.05) is 0 Å². The minimum absolute atomic E-state index is 0.0757. The van der Waals surface area contributed by atoms with Gasteiger partial charge in [-0.2, -0.15) is 10.2 Å². The van der Waals surface area contributed by atoms with Crippen molar-refractivity contribution in [3.63, 3.8) is 0 Å². The molecule has 0 atom stereocenters. The fraction of sp³-hybridized carbons (Fsp3) is 0.0588. The van der Waals surface area contributed by atoms with Gasteiger partial charge in [0.2, 0.25) is 0 Å². The molecule has 2 heterocycles. The number of para-hydroxylation sites is 2. The maximum Gasteiger partial charge on any atom is 0.350 e. The number of hydrogen-bond donors (Lipinski definition) is 1.